The summed E-state index contributed by atoms with van der Waals surface area (Å²) in [5.74, 6) is 2.31. The Morgan fingerprint density at radius 1 is 0.351 bits per heavy atom. The van der Waals surface area contributed by atoms with Crippen LogP contribution in [0.5, 0.6) is 0 Å². The second-order valence-electron chi connectivity index (χ2n) is 14.0. The number of fused-ring (bicyclic) bond motifs is 9. The van der Waals surface area contributed by atoms with Gasteiger partial charge in [-0.15, -0.1) is 11.3 Å². The van der Waals surface area contributed by atoms with Crippen molar-refractivity contribution >= 4 is 75.5 Å². The maximum absolute atomic E-state index is 6.77. The molecule has 0 spiro atoms. The molecule has 0 saturated carbocycles. The lowest BCUT2D eigenvalue weighted by molar-refractivity contribution is 0.667. The van der Waals surface area contributed by atoms with Gasteiger partial charge in [0.05, 0.1) is 5.56 Å². The van der Waals surface area contributed by atoms with Crippen LogP contribution in [-0.2, 0) is 0 Å². The third-order valence-electron chi connectivity index (χ3n) is 10.6. The summed E-state index contributed by atoms with van der Waals surface area (Å²) in [6.45, 7) is 0. The van der Waals surface area contributed by atoms with Crippen molar-refractivity contribution in [3.05, 3.63) is 164 Å². The topological polar surface area (TPSA) is 90.7 Å². The van der Waals surface area contributed by atoms with Crippen LogP contribution in [0.3, 0.4) is 0 Å². The number of aromatic nitrogens is 5. The van der Waals surface area contributed by atoms with Crippen molar-refractivity contribution in [2.45, 2.75) is 0 Å². The first-order valence-electron chi connectivity index (χ1n) is 18.7. The highest BCUT2D eigenvalue weighted by atomic mass is 32.1. The maximum Gasteiger partial charge on any atom is 0.180 e. The predicted octanol–water partition coefficient (Wildman–Crippen LogP) is 13.2. The normalized spacial score (nSPS) is 11.9. The standard InChI is InChI=1S/C49H27N5O2S/c1-3-12-28(13-4-1)42-45-43(36-17-7-9-20-38(36)55-45)51-47(50-42)30-22-24-32-35-18-11-19-37(44(35)56-39(32)26-30)49-53-46(29-14-5-2-6-15-29)52-48(54-49)31-23-25-34-33-16-8-10-21-40(33)57-41(34)27-31/h1-27H. The van der Waals surface area contributed by atoms with Crippen LogP contribution in [0.2, 0.25) is 0 Å². The molecule has 5 heterocycles. The van der Waals surface area contributed by atoms with Gasteiger partial charge in [-0.2, -0.15) is 0 Å². The minimum Gasteiger partial charge on any atom is -0.455 e. The molecular weight excluding hydrogens is 723 g/mol. The molecule has 5 aromatic heterocycles. The van der Waals surface area contributed by atoms with E-state index in [-0.39, 0.29) is 0 Å². The molecule has 0 amide bonds. The molecule has 0 aliphatic carbocycles. The van der Waals surface area contributed by atoms with E-state index >= 15 is 0 Å². The molecule has 7 aromatic carbocycles. The first-order valence-corrected chi connectivity index (χ1v) is 19.5. The number of rotatable bonds is 5. The Morgan fingerprint density at radius 2 is 0.965 bits per heavy atom. The fraction of sp³-hybridized carbons (Fsp3) is 0. The number of thiophene rings is 1. The zero-order valence-corrected chi connectivity index (χ0v) is 30.9. The zero-order chi connectivity index (χ0) is 37.5. The van der Waals surface area contributed by atoms with Crippen molar-refractivity contribution in [1.82, 2.24) is 24.9 Å². The minimum atomic E-state index is 0.535. The van der Waals surface area contributed by atoms with Gasteiger partial charge in [0.15, 0.2) is 28.9 Å². The van der Waals surface area contributed by atoms with Gasteiger partial charge < -0.3 is 8.83 Å². The summed E-state index contributed by atoms with van der Waals surface area (Å²) >= 11 is 1.78. The Kier molecular flexibility index (Phi) is 6.96. The van der Waals surface area contributed by atoms with E-state index in [9.17, 15) is 0 Å². The van der Waals surface area contributed by atoms with E-state index in [4.69, 9.17) is 33.8 Å². The minimum absolute atomic E-state index is 0.535. The van der Waals surface area contributed by atoms with Gasteiger partial charge in [-0.05, 0) is 42.5 Å². The van der Waals surface area contributed by atoms with Crippen LogP contribution in [0.15, 0.2) is 173 Å². The van der Waals surface area contributed by atoms with Gasteiger partial charge in [-0.25, -0.2) is 24.9 Å². The molecule has 8 heteroatoms. The highest BCUT2D eigenvalue weighted by Gasteiger charge is 2.21. The summed E-state index contributed by atoms with van der Waals surface area (Å²) in [7, 11) is 0. The molecule has 0 saturated heterocycles. The van der Waals surface area contributed by atoms with Crippen LogP contribution in [-0.4, -0.2) is 24.9 Å². The van der Waals surface area contributed by atoms with Crippen molar-refractivity contribution in [1.29, 1.82) is 0 Å². The lowest BCUT2D eigenvalue weighted by atomic mass is 10.1. The molecule has 0 radical (unpaired) electrons. The van der Waals surface area contributed by atoms with Crippen molar-refractivity contribution < 1.29 is 8.83 Å². The molecule has 0 unspecified atom stereocenters. The Hall–Kier alpha value is -7.55. The summed E-state index contributed by atoms with van der Waals surface area (Å²) in [5, 5.41) is 5.36. The van der Waals surface area contributed by atoms with Gasteiger partial charge in [-0.1, -0.05) is 121 Å². The van der Waals surface area contributed by atoms with E-state index in [2.05, 4.69) is 60.7 Å². The molecule has 0 aliphatic heterocycles. The molecule has 12 aromatic rings. The molecule has 0 aliphatic rings. The lowest BCUT2D eigenvalue weighted by Crippen LogP contribution is -2.00. The molecule has 0 atom stereocenters. The van der Waals surface area contributed by atoms with Crippen LogP contribution in [0.4, 0.5) is 0 Å². The van der Waals surface area contributed by atoms with Crippen LogP contribution in [0, 0.1) is 0 Å². The Balaban J connectivity index is 1.02. The third kappa shape index (κ3) is 5.15. The monoisotopic (exact) mass is 749 g/mol. The number of para-hydroxylation sites is 2. The van der Waals surface area contributed by atoms with Crippen molar-refractivity contribution in [3.63, 3.8) is 0 Å². The summed E-state index contributed by atoms with van der Waals surface area (Å²) < 4.78 is 15.5. The number of nitrogens with zero attached hydrogens (tertiary/aromatic N) is 5. The molecular formula is C49H27N5O2S. The van der Waals surface area contributed by atoms with E-state index < -0.39 is 0 Å². The smallest absolute Gasteiger partial charge is 0.180 e. The molecule has 57 heavy (non-hydrogen) atoms. The van der Waals surface area contributed by atoms with E-state index in [1.54, 1.807) is 11.3 Å². The fourth-order valence-electron chi connectivity index (χ4n) is 7.83. The quantitative estimate of drug-likeness (QED) is 0.173. The summed E-state index contributed by atoms with van der Waals surface area (Å²) in [6.07, 6.45) is 0. The van der Waals surface area contributed by atoms with Gasteiger partial charge >= 0.3 is 0 Å². The largest absolute Gasteiger partial charge is 0.455 e. The zero-order valence-electron chi connectivity index (χ0n) is 30.0. The number of furan rings is 2. The van der Waals surface area contributed by atoms with Gasteiger partial charge in [0.2, 0.25) is 0 Å². The maximum atomic E-state index is 6.77. The van der Waals surface area contributed by atoms with Crippen molar-refractivity contribution in [2.24, 2.45) is 0 Å². The van der Waals surface area contributed by atoms with E-state index in [0.29, 0.717) is 40.0 Å². The van der Waals surface area contributed by atoms with Crippen molar-refractivity contribution in [2.75, 3.05) is 0 Å². The average Bonchev–Trinajstić information content (AvgIpc) is 3.97. The summed E-state index contributed by atoms with van der Waals surface area (Å²) in [6, 6.07) is 55.4. The second kappa shape index (κ2) is 12.5. The number of hydrogen-bond acceptors (Lipinski definition) is 8. The van der Waals surface area contributed by atoms with Gasteiger partial charge in [-0.3, -0.25) is 0 Å². The highest BCUT2D eigenvalue weighted by molar-refractivity contribution is 7.25. The van der Waals surface area contributed by atoms with E-state index in [1.165, 1.54) is 20.2 Å². The molecule has 0 bridgehead atoms. The SMILES string of the molecule is c1ccc(-c2nc(-c3ccc4c(c3)sc3ccccc34)nc(-c3cccc4c3oc3cc(-c5nc(-c6ccccc6)c6oc7ccccc7c6n5)ccc34)n2)cc1. The molecule has 0 fully saturated rings. The van der Waals surface area contributed by atoms with Crippen LogP contribution in [0.1, 0.15) is 0 Å². The molecule has 0 N–H and O–H groups in total. The first-order chi connectivity index (χ1) is 28.2. The van der Waals surface area contributed by atoms with Crippen molar-refractivity contribution in [3.8, 4) is 56.8 Å². The average molecular weight is 750 g/mol. The second-order valence-corrected chi connectivity index (χ2v) is 15.1. The van der Waals surface area contributed by atoms with Gasteiger partial charge in [0, 0.05) is 58.6 Å². The Morgan fingerprint density at radius 3 is 1.81 bits per heavy atom. The van der Waals surface area contributed by atoms with Crippen LogP contribution in [0.25, 0.3) is 121 Å². The van der Waals surface area contributed by atoms with E-state index in [1.807, 2.05) is 103 Å². The predicted molar refractivity (Wildman–Crippen MR) is 230 cm³/mol. The fourth-order valence-corrected chi connectivity index (χ4v) is 8.98. The van der Waals surface area contributed by atoms with Gasteiger partial charge in [0.1, 0.15) is 28.0 Å². The first kappa shape index (κ1) is 31.8. The third-order valence-corrected chi connectivity index (χ3v) is 11.7. The number of hydrogen-bond donors (Lipinski definition) is 0. The molecule has 266 valence electrons. The van der Waals surface area contributed by atoms with Crippen LogP contribution >= 0.6 is 11.3 Å². The molecule has 7 nitrogen and oxygen atoms in total. The molecule has 12 rings (SSSR count). The Labute approximate surface area is 328 Å². The van der Waals surface area contributed by atoms with Crippen LogP contribution < -0.4 is 0 Å². The summed E-state index contributed by atoms with van der Waals surface area (Å²) in [5.41, 5.74) is 8.75. The highest BCUT2D eigenvalue weighted by Crippen LogP contribution is 2.40. The summed E-state index contributed by atoms with van der Waals surface area (Å²) in [4.78, 5) is 25.4. The lowest BCUT2D eigenvalue weighted by Gasteiger charge is -2.09. The number of benzene rings is 7. The van der Waals surface area contributed by atoms with Gasteiger partial charge in [0.25, 0.3) is 0 Å². The Bertz CT molecular complexity index is 3540. The van der Waals surface area contributed by atoms with E-state index in [0.717, 1.165) is 60.8 Å².